The molecule has 3 N–H and O–H groups in total. The summed E-state index contributed by atoms with van der Waals surface area (Å²) >= 11 is 0. The number of carbonyl (C=O) groups excluding carboxylic acids is 4. The molecule has 5 rings (SSSR count). The highest BCUT2D eigenvalue weighted by molar-refractivity contribution is 6.44. The van der Waals surface area contributed by atoms with Gasteiger partial charge in [-0.2, -0.15) is 0 Å². The van der Waals surface area contributed by atoms with Crippen LogP contribution in [0.1, 0.15) is 51.8 Å². The molecular formula is C32H28FN3O6. The number of rotatable bonds is 6. The summed E-state index contributed by atoms with van der Waals surface area (Å²) in [5, 5.41) is 6.15. The van der Waals surface area contributed by atoms with Gasteiger partial charge in [0.25, 0.3) is 17.6 Å². The van der Waals surface area contributed by atoms with Crippen molar-refractivity contribution in [3.05, 3.63) is 83.3 Å². The number of halogens is 1. The van der Waals surface area contributed by atoms with Gasteiger partial charge in [0.05, 0.1) is 29.1 Å². The van der Waals surface area contributed by atoms with E-state index in [0.29, 0.717) is 33.2 Å². The molecule has 0 saturated carbocycles. The highest BCUT2D eigenvalue weighted by Crippen LogP contribution is 2.43. The first-order chi connectivity index (χ1) is 19.9. The molecule has 0 aliphatic carbocycles. The van der Waals surface area contributed by atoms with Crippen LogP contribution >= 0.6 is 0 Å². The summed E-state index contributed by atoms with van der Waals surface area (Å²) in [5.41, 5.74) is 2.26. The van der Waals surface area contributed by atoms with E-state index in [4.69, 9.17) is 4.42 Å². The van der Waals surface area contributed by atoms with Crippen molar-refractivity contribution >= 4 is 45.4 Å². The van der Waals surface area contributed by atoms with Crippen LogP contribution in [0.5, 0.6) is 0 Å². The standard InChI is InChI=1S/C32H28FN3O6/c1-32(2,3)36-29(38)18-8-6-7-17(13-18)20-14-21-24(30(39)34-4)27(16-9-11-19(33)12-10-16)42-28(21)23-22(15-35-25(20)23)26(37)31(40)41-5/h6-15,35H,1-5H3,(H,34,39)(H,36,38). The molecule has 0 aliphatic heterocycles. The minimum Gasteiger partial charge on any atom is -0.463 e. The normalized spacial score (nSPS) is 11.5. The number of fused-ring (bicyclic) bond motifs is 3. The summed E-state index contributed by atoms with van der Waals surface area (Å²) in [5.74, 6) is -3.06. The lowest BCUT2D eigenvalue weighted by Crippen LogP contribution is -2.40. The maximum Gasteiger partial charge on any atom is 0.379 e. The van der Waals surface area contributed by atoms with Gasteiger partial charge in [0.15, 0.2) is 0 Å². The summed E-state index contributed by atoms with van der Waals surface area (Å²) in [6.45, 7) is 5.63. The molecule has 9 nitrogen and oxygen atoms in total. The molecule has 42 heavy (non-hydrogen) atoms. The molecule has 214 valence electrons. The zero-order valence-electron chi connectivity index (χ0n) is 23.6. The maximum atomic E-state index is 13.7. The molecule has 3 aromatic carbocycles. The number of carbonyl (C=O) groups is 4. The Balaban J connectivity index is 1.86. The number of esters is 1. The highest BCUT2D eigenvalue weighted by atomic mass is 19.1. The van der Waals surface area contributed by atoms with Crippen LogP contribution in [-0.2, 0) is 9.53 Å². The van der Waals surface area contributed by atoms with Crippen molar-refractivity contribution < 1.29 is 32.7 Å². The number of aromatic nitrogens is 1. The Morgan fingerprint density at radius 1 is 0.952 bits per heavy atom. The molecule has 2 heterocycles. The van der Waals surface area contributed by atoms with Gasteiger partial charge < -0.3 is 24.8 Å². The maximum absolute atomic E-state index is 13.7. The lowest BCUT2D eigenvalue weighted by molar-refractivity contribution is -0.135. The van der Waals surface area contributed by atoms with E-state index in [1.54, 1.807) is 30.3 Å². The Labute approximate surface area is 240 Å². The van der Waals surface area contributed by atoms with Crippen molar-refractivity contribution in [2.75, 3.05) is 14.2 Å². The number of furan rings is 1. The predicted molar refractivity (Wildman–Crippen MR) is 156 cm³/mol. The second-order valence-electron chi connectivity index (χ2n) is 10.8. The number of Topliss-reactive ketones (excluding diaryl/α,β-unsaturated/α-hetero) is 1. The average Bonchev–Trinajstić information content (AvgIpc) is 3.57. The van der Waals surface area contributed by atoms with Gasteiger partial charge >= 0.3 is 5.97 Å². The number of nitrogens with one attached hydrogen (secondary N) is 3. The minimum atomic E-state index is -1.08. The Bertz CT molecular complexity index is 1890. The summed E-state index contributed by atoms with van der Waals surface area (Å²) < 4.78 is 24.7. The van der Waals surface area contributed by atoms with Gasteiger partial charge in [-0.05, 0) is 68.8 Å². The van der Waals surface area contributed by atoms with Gasteiger partial charge in [-0.25, -0.2) is 9.18 Å². The molecule has 0 spiro atoms. The number of benzene rings is 3. The summed E-state index contributed by atoms with van der Waals surface area (Å²) in [6, 6.07) is 14.1. The van der Waals surface area contributed by atoms with Gasteiger partial charge in [0, 0.05) is 40.9 Å². The Hall–Kier alpha value is -5.25. The van der Waals surface area contributed by atoms with E-state index < -0.39 is 29.0 Å². The second-order valence-corrected chi connectivity index (χ2v) is 10.8. The zero-order valence-corrected chi connectivity index (χ0v) is 23.6. The predicted octanol–water partition coefficient (Wildman–Crippen LogP) is 5.63. The minimum absolute atomic E-state index is 0.0202. The fourth-order valence-electron chi connectivity index (χ4n) is 4.86. The van der Waals surface area contributed by atoms with Crippen LogP contribution in [0.2, 0.25) is 0 Å². The first-order valence-electron chi connectivity index (χ1n) is 13.1. The van der Waals surface area contributed by atoms with E-state index in [1.807, 2.05) is 20.8 Å². The quantitative estimate of drug-likeness (QED) is 0.138. The van der Waals surface area contributed by atoms with E-state index in [1.165, 1.54) is 37.5 Å². The molecular weight excluding hydrogens is 541 g/mol. The third-order valence-electron chi connectivity index (χ3n) is 6.71. The van der Waals surface area contributed by atoms with E-state index in [2.05, 4.69) is 20.4 Å². The van der Waals surface area contributed by atoms with Crippen molar-refractivity contribution in [1.29, 1.82) is 0 Å². The van der Waals surface area contributed by atoms with E-state index in [0.717, 1.165) is 7.11 Å². The first kappa shape index (κ1) is 28.3. The smallest absolute Gasteiger partial charge is 0.379 e. The topological polar surface area (TPSA) is 130 Å². The third kappa shape index (κ3) is 5.03. The first-order valence-corrected chi connectivity index (χ1v) is 13.1. The second kappa shape index (κ2) is 10.6. The van der Waals surface area contributed by atoms with Gasteiger partial charge in [-0.3, -0.25) is 14.4 Å². The molecule has 0 bridgehead atoms. The molecule has 0 aliphatic rings. The lowest BCUT2D eigenvalue weighted by Gasteiger charge is -2.20. The number of hydrogen-bond donors (Lipinski definition) is 3. The summed E-state index contributed by atoms with van der Waals surface area (Å²) in [6.07, 6.45) is 1.38. The van der Waals surface area contributed by atoms with Crippen LogP contribution in [0.15, 0.2) is 65.2 Å². The number of methoxy groups -OCH3 is 1. The van der Waals surface area contributed by atoms with Gasteiger partial charge in [0.2, 0.25) is 0 Å². The Morgan fingerprint density at radius 3 is 2.31 bits per heavy atom. The van der Waals surface area contributed by atoms with Crippen LogP contribution in [-0.4, -0.2) is 48.2 Å². The SMILES string of the molecule is CNC(=O)c1c(-c2ccc(F)cc2)oc2c1cc(-c1cccc(C(=O)NC(C)(C)C)c1)c1[nH]cc(C(=O)C(=O)OC)c12. The van der Waals surface area contributed by atoms with E-state index in [9.17, 15) is 23.6 Å². The summed E-state index contributed by atoms with van der Waals surface area (Å²) in [7, 11) is 2.57. The largest absolute Gasteiger partial charge is 0.463 e. The van der Waals surface area contributed by atoms with Crippen LogP contribution < -0.4 is 10.6 Å². The Kier molecular flexibility index (Phi) is 7.15. The van der Waals surface area contributed by atoms with E-state index in [-0.39, 0.29) is 33.8 Å². The van der Waals surface area contributed by atoms with Crippen molar-refractivity contribution in [2.45, 2.75) is 26.3 Å². The zero-order chi connectivity index (χ0) is 30.3. The van der Waals surface area contributed by atoms with Gasteiger partial charge in [0.1, 0.15) is 17.2 Å². The van der Waals surface area contributed by atoms with E-state index >= 15 is 0 Å². The van der Waals surface area contributed by atoms with Gasteiger partial charge in [-0.1, -0.05) is 12.1 Å². The number of amides is 2. The lowest BCUT2D eigenvalue weighted by atomic mass is 9.95. The monoisotopic (exact) mass is 569 g/mol. The fraction of sp³-hybridized carbons (Fsp3) is 0.188. The van der Waals surface area contributed by atoms with Crippen LogP contribution in [0, 0.1) is 5.82 Å². The van der Waals surface area contributed by atoms with Crippen molar-refractivity contribution in [2.24, 2.45) is 0 Å². The molecule has 0 radical (unpaired) electrons. The molecule has 0 unspecified atom stereocenters. The number of ketones is 1. The number of aromatic amines is 1. The average molecular weight is 570 g/mol. The molecule has 5 aromatic rings. The fourth-order valence-corrected chi connectivity index (χ4v) is 4.86. The number of hydrogen-bond acceptors (Lipinski definition) is 6. The molecule has 2 amide bonds. The van der Waals surface area contributed by atoms with Crippen LogP contribution in [0.25, 0.3) is 44.3 Å². The molecule has 2 aromatic heterocycles. The Morgan fingerprint density at radius 2 is 1.67 bits per heavy atom. The van der Waals surface area contributed by atoms with Crippen LogP contribution in [0.4, 0.5) is 4.39 Å². The van der Waals surface area contributed by atoms with Crippen molar-refractivity contribution in [3.8, 4) is 22.5 Å². The number of H-pyrrole nitrogens is 1. The third-order valence-corrected chi connectivity index (χ3v) is 6.71. The molecule has 0 fully saturated rings. The summed E-state index contributed by atoms with van der Waals surface area (Å²) in [4.78, 5) is 54.7. The molecule has 0 atom stereocenters. The van der Waals surface area contributed by atoms with Crippen molar-refractivity contribution in [1.82, 2.24) is 15.6 Å². The highest BCUT2D eigenvalue weighted by Gasteiger charge is 2.29. The number of ether oxygens (including phenoxy) is 1. The van der Waals surface area contributed by atoms with Crippen LogP contribution in [0.3, 0.4) is 0 Å². The van der Waals surface area contributed by atoms with Crippen molar-refractivity contribution in [3.63, 3.8) is 0 Å². The molecule has 10 heteroatoms. The van der Waals surface area contributed by atoms with Gasteiger partial charge in [-0.15, -0.1) is 0 Å². The molecule has 0 saturated heterocycles.